The summed E-state index contributed by atoms with van der Waals surface area (Å²) >= 11 is 1.59. The van der Waals surface area contributed by atoms with E-state index < -0.39 is 0 Å². The SMILES string of the molecule is COc1cc(OC)c(OC)cc1CNC(=O)CSCc1ccccc1. The lowest BCUT2D eigenvalue weighted by Gasteiger charge is -2.14. The summed E-state index contributed by atoms with van der Waals surface area (Å²) < 4.78 is 15.9. The molecule has 0 atom stereocenters. The monoisotopic (exact) mass is 361 g/mol. The maximum Gasteiger partial charge on any atom is 0.230 e. The molecule has 0 bridgehead atoms. The Hall–Kier alpha value is -2.34. The lowest BCUT2D eigenvalue weighted by molar-refractivity contribution is -0.118. The molecule has 134 valence electrons. The van der Waals surface area contributed by atoms with Gasteiger partial charge in [0.25, 0.3) is 0 Å². The molecule has 0 radical (unpaired) electrons. The first-order valence-corrected chi connectivity index (χ1v) is 9.00. The van der Waals surface area contributed by atoms with Crippen molar-refractivity contribution in [1.82, 2.24) is 5.32 Å². The molecule has 0 aliphatic rings. The second kappa shape index (κ2) is 9.84. The zero-order chi connectivity index (χ0) is 18.1. The van der Waals surface area contributed by atoms with Crippen molar-refractivity contribution in [3.05, 3.63) is 53.6 Å². The molecule has 1 N–H and O–H groups in total. The summed E-state index contributed by atoms with van der Waals surface area (Å²) in [5.74, 6) is 3.05. The van der Waals surface area contributed by atoms with Crippen LogP contribution in [0.3, 0.4) is 0 Å². The first-order valence-electron chi connectivity index (χ1n) is 7.85. The largest absolute Gasteiger partial charge is 0.496 e. The molecule has 0 unspecified atom stereocenters. The Morgan fingerprint density at radius 2 is 1.60 bits per heavy atom. The summed E-state index contributed by atoms with van der Waals surface area (Å²) in [6, 6.07) is 13.7. The molecule has 0 aromatic heterocycles. The van der Waals surface area contributed by atoms with Gasteiger partial charge in [-0.3, -0.25) is 4.79 Å². The van der Waals surface area contributed by atoms with Gasteiger partial charge in [0.15, 0.2) is 11.5 Å². The molecule has 0 saturated carbocycles. The summed E-state index contributed by atoms with van der Waals surface area (Å²) in [5, 5.41) is 2.91. The number of hydrogen-bond donors (Lipinski definition) is 1. The molecule has 5 nitrogen and oxygen atoms in total. The first-order chi connectivity index (χ1) is 12.2. The number of benzene rings is 2. The number of rotatable bonds is 9. The van der Waals surface area contributed by atoms with Crippen LogP contribution in [0.5, 0.6) is 17.2 Å². The highest BCUT2D eigenvalue weighted by molar-refractivity contribution is 7.99. The molecule has 0 fully saturated rings. The van der Waals surface area contributed by atoms with Gasteiger partial charge in [-0.1, -0.05) is 30.3 Å². The van der Waals surface area contributed by atoms with E-state index in [0.717, 1.165) is 11.3 Å². The molecule has 2 aromatic carbocycles. The third kappa shape index (κ3) is 5.60. The summed E-state index contributed by atoms with van der Waals surface area (Å²) in [7, 11) is 4.73. The average molecular weight is 361 g/mol. The molecular formula is C19H23NO4S. The van der Waals surface area contributed by atoms with Crippen LogP contribution >= 0.6 is 11.8 Å². The summed E-state index contributed by atoms with van der Waals surface area (Å²) in [4.78, 5) is 12.1. The van der Waals surface area contributed by atoms with E-state index in [9.17, 15) is 4.79 Å². The van der Waals surface area contributed by atoms with Crippen LogP contribution in [0, 0.1) is 0 Å². The molecule has 6 heteroatoms. The van der Waals surface area contributed by atoms with Gasteiger partial charge in [0.05, 0.1) is 27.1 Å². The zero-order valence-electron chi connectivity index (χ0n) is 14.7. The van der Waals surface area contributed by atoms with Crippen molar-refractivity contribution in [1.29, 1.82) is 0 Å². The molecule has 0 aliphatic carbocycles. The van der Waals surface area contributed by atoms with E-state index in [2.05, 4.69) is 17.4 Å². The standard InChI is InChI=1S/C19H23NO4S/c1-22-16-10-18(24-3)17(23-2)9-15(16)11-20-19(21)13-25-12-14-7-5-4-6-8-14/h4-10H,11-13H2,1-3H3,(H,20,21). The van der Waals surface area contributed by atoms with Gasteiger partial charge in [-0.2, -0.15) is 0 Å². The van der Waals surface area contributed by atoms with Gasteiger partial charge < -0.3 is 19.5 Å². The molecule has 0 spiro atoms. The van der Waals surface area contributed by atoms with E-state index in [4.69, 9.17) is 14.2 Å². The van der Waals surface area contributed by atoms with Gasteiger partial charge in [0.1, 0.15) is 5.75 Å². The van der Waals surface area contributed by atoms with Crippen molar-refractivity contribution in [2.45, 2.75) is 12.3 Å². The topological polar surface area (TPSA) is 56.8 Å². The molecule has 1 amide bonds. The van der Waals surface area contributed by atoms with E-state index in [1.54, 1.807) is 39.2 Å². The van der Waals surface area contributed by atoms with Crippen molar-refractivity contribution >= 4 is 17.7 Å². The quantitative estimate of drug-likeness (QED) is 0.743. The van der Waals surface area contributed by atoms with E-state index in [-0.39, 0.29) is 5.91 Å². The lowest BCUT2D eigenvalue weighted by Crippen LogP contribution is -2.25. The highest BCUT2D eigenvalue weighted by Gasteiger charge is 2.12. The van der Waals surface area contributed by atoms with Crippen LogP contribution in [-0.2, 0) is 17.1 Å². The number of nitrogens with one attached hydrogen (secondary N) is 1. The highest BCUT2D eigenvalue weighted by atomic mass is 32.2. The lowest BCUT2D eigenvalue weighted by atomic mass is 10.1. The smallest absolute Gasteiger partial charge is 0.230 e. The molecule has 2 aromatic rings. The van der Waals surface area contributed by atoms with Crippen molar-refractivity contribution in [3.63, 3.8) is 0 Å². The number of carbonyl (C=O) groups is 1. The normalized spacial score (nSPS) is 10.2. The van der Waals surface area contributed by atoms with Crippen LogP contribution in [0.15, 0.2) is 42.5 Å². The molecule has 25 heavy (non-hydrogen) atoms. The minimum absolute atomic E-state index is 0.0160. The van der Waals surface area contributed by atoms with Gasteiger partial charge in [-0.05, 0) is 11.6 Å². The third-order valence-corrected chi connectivity index (χ3v) is 4.61. The Morgan fingerprint density at radius 1 is 0.960 bits per heavy atom. The Kier molecular flexibility index (Phi) is 7.47. The second-order valence-electron chi connectivity index (χ2n) is 5.27. The van der Waals surface area contributed by atoms with Gasteiger partial charge >= 0.3 is 0 Å². The van der Waals surface area contributed by atoms with Gasteiger partial charge in [0.2, 0.25) is 5.91 Å². The Labute approximate surface area is 152 Å². The maximum atomic E-state index is 12.1. The van der Waals surface area contributed by atoms with Crippen LogP contribution in [-0.4, -0.2) is 33.0 Å². The van der Waals surface area contributed by atoms with Crippen molar-refractivity contribution in [2.75, 3.05) is 27.1 Å². The fraction of sp³-hybridized carbons (Fsp3) is 0.316. The van der Waals surface area contributed by atoms with Crippen molar-refractivity contribution < 1.29 is 19.0 Å². The summed E-state index contributed by atoms with van der Waals surface area (Å²) in [5.41, 5.74) is 2.04. The van der Waals surface area contributed by atoms with Gasteiger partial charge in [0, 0.05) is 23.9 Å². The number of ether oxygens (including phenoxy) is 3. The minimum atomic E-state index is -0.0160. The number of methoxy groups -OCH3 is 3. The number of hydrogen-bond acceptors (Lipinski definition) is 5. The minimum Gasteiger partial charge on any atom is -0.496 e. The van der Waals surface area contributed by atoms with E-state index in [0.29, 0.717) is 29.5 Å². The highest BCUT2D eigenvalue weighted by Crippen LogP contribution is 2.34. The second-order valence-corrected chi connectivity index (χ2v) is 6.26. The molecule has 2 rings (SSSR count). The maximum absolute atomic E-state index is 12.1. The molecular weight excluding hydrogens is 338 g/mol. The summed E-state index contributed by atoms with van der Waals surface area (Å²) in [6.45, 7) is 0.369. The first kappa shape index (κ1) is 19.0. The Morgan fingerprint density at radius 3 is 2.24 bits per heavy atom. The number of amides is 1. The van der Waals surface area contributed by atoms with Gasteiger partial charge in [-0.15, -0.1) is 11.8 Å². The van der Waals surface area contributed by atoms with Crippen molar-refractivity contribution in [3.8, 4) is 17.2 Å². The van der Waals surface area contributed by atoms with Crippen LogP contribution in [0.25, 0.3) is 0 Å². The Bertz CT molecular complexity index is 691. The van der Waals surface area contributed by atoms with E-state index >= 15 is 0 Å². The molecule has 0 saturated heterocycles. The Balaban J connectivity index is 1.88. The van der Waals surface area contributed by atoms with Gasteiger partial charge in [-0.25, -0.2) is 0 Å². The number of carbonyl (C=O) groups excluding carboxylic acids is 1. The molecule has 0 aliphatic heterocycles. The van der Waals surface area contributed by atoms with Crippen LogP contribution in [0.4, 0.5) is 0 Å². The third-order valence-electron chi connectivity index (χ3n) is 3.61. The fourth-order valence-electron chi connectivity index (χ4n) is 2.31. The predicted octanol–water partition coefficient (Wildman–Crippen LogP) is 3.26. The summed E-state index contributed by atoms with van der Waals surface area (Å²) in [6.07, 6.45) is 0. The fourth-order valence-corrected chi connectivity index (χ4v) is 3.13. The zero-order valence-corrected chi connectivity index (χ0v) is 15.5. The van der Waals surface area contributed by atoms with Crippen LogP contribution < -0.4 is 19.5 Å². The van der Waals surface area contributed by atoms with Crippen LogP contribution in [0.1, 0.15) is 11.1 Å². The predicted molar refractivity (Wildman–Crippen MR) is 101 cm³/mol. The van der Waals surface area contributed by atoms with Crippen molar-refractivity contribution in [2.24, 2.45) is 0 Å². The van der Waals surface area contributed by atoms with Crippen LogP contribution in [0.2, 0.25) is 0 Å². The van der Waals surface area contributed by atoms with E-state index in [1.165, 1.54) is 5.56 Å². The number of thioether (sulfide) groups is 1. The average Bonchev–Trinajstić information content (AvgIpc) is 2.66. The van der Waals surface area contributed by atoms with E-state index in [1.807, 2.05) is 24.3 Å². The molecule has 0 heterocycles.